The molecule has 0 spiro atoms. The van der Waals surface area contributed by atoms with Gasteiger partial charge >= 0.3 is 6.18 Å². The Bertz CT molecular complexity index is 681. The van der Waals surface area contributed by atoms with Gasteiger partial charge in [-0.2, -0.15) is 13.2 Å². The lowest BCUT2D eigenvalue weighted by atomic mass is 9.98. The third-order valence-corrected chi connectivity index (χ3v) is 3.61. The molecule has 3 N–H and O–H groups in total. The average Bonchev–Trinajstić information content (AvgIpc) is 2.58. The third-order valence-electron chi connectivity index (χ3n) is 3.61. The van der Waals surface area contributed by atoms with Crippen molar-refractivity contribution in [3.8, 4) is 11.1 Å². The van der Waals surface area contributed by atoms with Gasteiger partial charge < -0.3 is 11.1 Å². The molecule has 0 fully saturated rings. The van der Waals surface area contributed by atoms with Crippen LogP contribution in [0.5, 0.6) is 0 Å². The smallest absolute Gasteiger partial charge is 0.352 e. The van der Waals surface area contributed by atoms with Crippen LogP contribution in [0, 0.1) is 0 Å². The van der Waals surface area contributed by atoms with Gasteiger partial charge in [-0.15, -0.1) is 0 Å². The number of unbranched alkanes of at least 4 members (excludes halogenated alkanes) is 1. The van der Waals surface area contributed by atoms with E-state index in [0.717, 1.165) is 25.0 Å². The van der Waals surface area contributed by atoms with Gasteiger partial charge in [-0.1, -0.05) is 30.3 Å². The minimum absolute atomic E-state index is 0.248. The van der Waals surface area contributed by atoms with Crippen LogP contribution in [0.15, 0.2) is 48.5 Å². The number of nitrogens with one attached hydrogen (secondary N) is 1. The van der Waals surface area contributed by atoms with Crippen LogP contribution in [0.25, 0.3) is 11.1 Å². The quantitative estimate of drug-likeness (QED) is 0.788. The Kier molecular flexibility index (Phi) is 5.98. The first kappa shape index (κ1) is 18.0. The summed E-state index contributed by atoms with van der Waals surface area (Å²) in [6, 6.07) is 11.6. The maximum Gasteiger partial charge on any atom is 0.416 e. The molecule has 0 aliphatic carbocycles. The molecule has 0 aliphatic heterocycles. The number of rotatable bonds is 6. The van der Waals surface area contributed by atoms with Gasteiger partial charge in [-0.3, -0.25) is 4.79 Å². The van der Waals surface area contributed by atoms with Crippen LogP contribution >= 0.6 is 0 Å². The van der Waals surface area contributed by atoms with Gasteiger partial charge in [0.15, 0.2) is 0 Å². The molecule has 128 valence electrons. The average molecular weight is 336 g/mol. The molecule has 6 heteroatoms. The SMILES string of the molecule is NCCCCNC(=O)c1ccccc1-c1ccc(C(F)(F)F)cc1. The van der Waals surface area contributed by atoms with Gasteiger partial charge in [0.05, 0.1) is 5.56 Å². The number of carbonyl (C=O) groups is 1. The lowest BCUT2D eigenvalue weighted by Gasteiger charge is -2.12. The molecule has 0 aliphatic rings. The van der Waals surface area contributed by atoms with Gasteiger partial charge in [0.25, 0.3) is 5.91 Å². The highest BCUT2D eigenvalue weighted by molar-refractivity contribution is 6.00. The van der Waals surface area contributed by atoms with E-state index >= 15 is 0 Å². The summed E-state index contributed by atoms with van der Waals surface area (Å²) in [5.74, 6) is -0.248. The highest BCUT2D eigenvalue weighted by Crippen LogP contribution is 2.31. The molecule has 0 heterocycles. The Hall–Kier alpha value is -2.34. The van der Waals surface area contributed by atoms with Crippen molar-refractivity contribution in [1.29, 1.82) is 0 Å². The molecule has 2 aromatic rings. The van der Waals surface area contributed by atoms with Crippen molar-refractivity contribution in [3.63, 3.8) is 0 Å². The van der Waals surface area contributed by atoms with Crippen molar-refractivity contribution in [3.05, 3.63) is 59.7 Å². The lowest BCUT2D eigenvalue weighted by molar-refractivity contribution is -0.137. The molecule has 0 saturated carbocycles. The van der Waals surface area contributed by atoms with Crippen molar-refractivity contribution < 1.29 is 18.0 Å². The number of hydrogen-bond donors (Lipinski definition) is 2. The molecular formula is C18H19F3N2O. The summed E-state index contributed by atoms with van der Waals surface area (Å²) in [5.41, 5.74) is 6.29. The van der Waals surface area contributed by atoms with Gasteiger partial charge in [-0.05, 0) is 48.7 Å². The molecular weight excluding hydrogens is 317 g/mol. The van der Waals surface area contributed by atoms with Gasteiger partial charge in [0.2, 0.25) is 0 Å². The summed E-state index contributed by atoms with van der Waals surface area (Å²) in [6.07, 6.45) is -2.77. The molecule has 0 radical (unpaired) electrons. The number of alkyl halides is 3. The second-order valence-electron chi connectivity index (χ2n) is 5.37. The van der Waals surface area contributed by atoms with Crippen LogP contribution in [0.2, 0.25) is 0 Å². The maximum absolute atomic E-state index is 12.7. The molecule has 2 rings (SSSR count). The largest absolute Gasteiger partial charge is 0.416 e. The number of halogens is 3. The molecule has 2 aromatic carbocycles. The molecule has 0 saturated heterocycles. The normalized spacial score (nSPS) is 11.3. The van der Waals surface area contributed by atoms with E-state index in [-0.39, 0.29) is 5.91 Å². The molecule has 0 aromatic heterocycles. The Labute approximate surface area is 138 Å². The van der Waals surface area contributed by atoms with Gasteiger partial charge in [-0.25, -0.2) is 0 Å². The number of carbonyl (C=O) groups excluding carboxylic acids is 1. The van der Waals surface area contributed by atoms with Crippen LogP contribution < -0.4 is 11.1 Å². The van der Waals surface area contributed by atoms with E-state index in [9.17, 15) is 18.0 Å². The summed E-state index contributed by atoms with van der Waals surface area (Å²) in [5, 5.41) is 2.81. The topological polar surface area (TPSA) is 55.1 Å². The third kappa shape index (κ3) is 4.58. The molecule has 1 amide bonds. The second-order valence-corrected chi connectivity index (χ2v) is 5.37. The summed E-state index contributed by atoms with van der Waals surface area (Å²) in [4.78, 5) is 12.3. The Morgan fingerprint density at radius 2 is 1.67 bits per heavy atom. The van der Waals surface area contributed by atoms with Crippen molar-refractivity contribution in [1.82, 2.24) is 5.32 Å². The van der Waals surface area contributed by atoms with Crippen LogP contribution in [0.1, 0.15) is 28.8 Å². The van der Waals surface area contributed by atoms with E-state index in [4.69, 9.17) is 5.73 Å². The van der Waals surface area contributed by atoms with Crippen LogP contribution in [0.4, 0.5) is 13.2 Å². The summed E-state index contributed by atoms with van der Waals surface area (Å²) >= 11 is 0. The predicted molar refractivity (Wildman–Crippen MR) is 87.5 cm³/mol. The number of amides is 1. The minimum atomic E-state index is -4.38. The van der Waals surface area contributed by atoms with Crippen LogP contribution in [-0.2, 0) is 6.18 Å². The monoisotopic (exact) mass is 336 g/mol. The van der Waals surface area contributed by atoms with E-state index in [1.807, 2.05) is 0 Å². The number of benzene rings is 2. The molecule has 0 atom stereocenters. The van der Waals surface area contributed by atoms with Gasteiger partial charge in [0.1, 0.15) is 0 Å². The van der Waals surface area contributed by atoms with Crippen molar-refractivity contribution in [2.24, 2.45) is 5.73 Å². The first-order valence-corrected chi connectivity index (χ1v) is 7.68. The van der Waals surface area contributed by atoms with E-state index in [2.05, 4.69) is 5.32 Å². The Morgan fingerprint density at radius 1 is 1.00 bits per heavy atom. The summed E-state index contributed by atoms with van der Waals surface area (Å²) < 4.78 is 38.0. The van der Waals surface area contributed by atoms with Gasteiger partial charge in [0, 0.05) is 12.1 Å². The summed E-state index contributed by atoms with van der Waals surface area (Å²) in [7, 11) is 0. The highest BCUT2D eigenvalue weighted by Gasteiger charge is 2.30. The standard InChI is InChI=1S/C18H19F3N2O/c19-18(20,21)14-9-7-13(8-10-14)15-5-1-2-6-16(15)17(24)23-12-4-3-11-22/h1-2,5-10H,3-4,11-12,22H2,(H,23,24). The Morgan fingerprint density at radius 3 is 2.29 bits per heavy atom. The van der Waals surface area contributed by atoms with Crippen LogP contribution in [0.3, 0.4) is 0 Å². The second kappa shape index (κ2) is 7.97. The van der Waals surface area contributed by atoms with Crippen LogP contribution in [-0.4, -0.2) is 19.0 Å². The fourth-order valence-electron chi connectivity index (χ4n) is 2.34. The Balaban J connectivity index is 2.21. The molecule has 0 bridgehead atoms. The first-order valence-electron chi connectivity index (χ1n) is 7.68. The summed E-state index contributed by atoms with van der Waals surface area (Å²) in [6.45, 7) is 1.08. The fourth-order valence-corrected chi connectivity index (χ4v) is 2.34. The molecule has 24 heavy (non-hydrogen) atoms. The van der Waals surface area contributed by atoms with Crippen molar-refractivity contribution >= 4 is 5.91 Å². The lowest BCUT2D eigenvalue weighted by Crippen LogP contribution is -2.25. The highest BCUT2D eigenvalue weighted by atomic mass is 19.4. The van der Waals surface area contributed by atoms with Crippen molar-refractivity contribution in [2.45, 2.75) is 19.0 Å². The maximum atomic E-state index is 12.7. The predicted octanol–water partition coefficient (Wildman–Crippen LogP) is 3.84. The van der Waals surface area contributed by atoms with E-state index in [1.165, 1.54) is 12.1 Å². The molecule has 0 unspecified atom stereocenters. The first-order chi connectivity index (χ1) is 11.4. The zero-order valence-electron chi connectivity index (χ0n) is 13.1. The number of hydrogen-bond acceptors (Lipinski definition) is 2. The zero-order chi connectivity index (χ0) is 17.6. The van der Waals surface area contributed by atoms with Crippen molar-refractivity contribution in [2.75, 3.05) is 13.1 Å². The minimum Gasteiger partial charge on any atom is -0.352 e. The molecule has 3 nitrogen and oxygen atoms in total. The van der Waals surface area contributed by atoms with E-state index in [1.54, 1.807) is 24.3 Å². The number of nitrogens with two attached hydrogens (primary N) is 1. The van der Waals surface area contributed by atoms with E-state index in [0.29, 0.717) is 29.8 Å². The van der Waals surface area contributed by atoms with E-state index < -0.39 is 11.7 Å². The zero-order valence-corrected chi connectivity index (χ0v) is 13.1. The fraction of sp³-hybridized carbons (Fsp3) is 0.278.